The summed E-state index contributed by atoms with van der Waals surface area (Å²) < 4.78 is 27.1. The molecule has 1 aromatic heterocycles. The fraction of sp³-hybridized carbons (Fsp3) is 0.400. The maximum Gasteiger partial charge on any atom is 0.251 e. The summed E-state index contributed by atoms with van der Waals surface area (Å²) in [6, 6.07) is 8.49. The van der Waals surface area contributed by atoms with Gasteiger partial charge >= 0.3 is 0 Å². The number of amides is 1. The average Bonchev–Trinajstić information content (AvgIpc) is 2.67. The van der Waals surface area contributed by atoms with E-state index in [0.717, 1.165) is 11.4 Å². The molecule has 0 unspecified atom stereocenters. The standard InChI is InChI=1S/C20H28N4O3S/c1-6-24(7-2)28(26,27)18-13-17(9-8-15(18)3)20(25)22-14-16-10-11-21-19(12-16)23(4)5/h8-13H,6-7,14H2,1-5H3,(H,22,25). The Morgan fingerprint density at radius 1 is 1.11 bits per heavy atom. The number of sulfonamides is 1. The molecule has 28 heavy (non-hydrogen) atoms. The van der Waals surface area contributed by atoms with Crippen LogP contribution in [-0.2, 0) is 16.6 Å². The van der Waals surface area contributed by atoms with Gasteiger partial charge in [0.05, 0.1) is 4.90 Å². The summed E-state index contributed by atoms with van der Waals surface area (Å²) in [5.41, 5.74) is 1.85. The quantitative estimate of drug-likeness (QED) is 0.731. The van der Waals surface area contributed by atoms with Crippen LogP contribution >= 0.6 is 0 Å². The maximum atomic E-state index is 12.9. The fourth-order valence-electron chi connectivity index (χ4n) is 2.82. The molecule has 1 N–H and O–H groups in total. The van der Waals surface area contributed by atoms with Crippen molar-refractivity contribution in [1.82, 2.24) is 14.6 Å². The number of nitrogens with zero attached hydrogens (tertiary/aromatic N) is 3. The molecule has 7 nitrogen and oxygen atoms in total. The van der Waals surface area contributed by atoms with Gasteiger partial charge in [-0.25, -0.2) is 13.4 Å². The molecule has 0 saturated carbocycles. The molecule has 0 fully saturated rings. The van der Waals surface area contributed by atoms with E-state index in [1.807, 2.05) is 31.1 Å². The number of nitrogens with one attached hydrogen (secondary N) is 1. The molecule has 1 heterocycles. The summed E-state index contributed by atoms with van der Waals surface area (Å²) in [6.07, 6.45) is 1.69. The van der Waals surface area contributed by atoms with Crippen molar-refractivity contribution in [2.75, 3.05) is 32.1 Å². The number of hydrogen-bond acceptors (Lipinski definition) is 5. The zero-order valence-corrected chi connectivity index (χ0v) is 17.9. The lowest BCUT2D eigenvalue weighted by molar-refractivity contribution is 0.0950. The van der Waals surface area contributed by atoms with Gasteiger partial charge in [-0.3, -0.25) is 4.79 Å². The highest BCUT2D eigenvalue weighted by Crippen LogP contribution is 2.21. The van der Waals surface area contributed by atoms with Crippen LogP contribution in [0, 0.1) is 6.92 Å². The van der Waals surface area contributed by atoms with E-state index in [1.165, 1.54) is 10.4 Å². The second-order valence-electron chi connectivity index (χ2n) is 6.67. The van der Waals surface area contributed by atoms with Crippen LogP contribution in [0.1, 0.15) is 35.3 Å². The number of aryl methyl sites for hydroxylation is 1. The second-order valence-corrected chi connectivity index (χ2v) is 8.58. The molecular formula is C20H28N4O3S. The Morgan fingerprint density at radius 2 is 1.79 bits per heavy atom. The van der Waals surface area contributed by atoms with Crippen LogP contribution in [0.5, 0.6) is 0 Å². The summed E-state index contributed by atoms with van der Waals surface area (Å²) in [5, 5.41) is 2.84. The van der Waals surface area contributed by atoms with Crippen LogP contribution in [0.25, 0.3) is 0 Å². The first-order valence-corrected chi connectivity index (χ1v) is 10.7. The van der Waals surface area contributed by atoms with Crippen molar-refractivity contribution in [3.8, 4) is 0 Å². The van der Waals surface area contributed by atoms with E-state index in [2.05, 4.69) is 10.3 Å². The summed E-state index contributed by atoms with van der Waals surface area (Å²) >= 11 is 0. The van der Waals surface area contributed by atoms with Crippen LogP contribution in [0.15, 0.2) is 41.4 Å². The van der Waals surface area contributed by atoms with Crippen LogP contribution in [0.4, 0.5) is 5.82 Å². The lowest BCUT2D eigenvalue weighted by atomic mass is 10.1. The van der Waals surface area contributed by atoms with Crippen LogP contribution in [0.3, 0.4) is 0 Å². The van der Waals surface area contributed by atoms with Gasteiger partial charge in [0.2, 0.25) is 10.0 Å². The first-order valence-electron chi connectivity index (χ1n) is 9.22. The lowest BCUT2D eigenvalue weighted by Crippen LogP contribution is -2.31. The highest BCUT2D eigenvalue weighted by molar-refractivity contribution is 7.89. The number of pyridine rings is 1. The zero-order chi connectivity index (χ0) is 20.9. The molecule has 0 radical (unpaired) electrons. The number of aromatic nitrogens is 1. The molecule has 0 atom stereocenters. The van der Waals surface area contributed by atoms with E-state index in [4.69, 9.17) is 0 Å². The summed E-state index contributed by atoms with van der Waals surface area (Å²) in [5.74, 6) is 0.480. The van der Waals surface area contributed by atoms with Crippen molar-refractivity contribution in [3.05, 3.63) is 53.2 Å². The Hall–Kier alpha value is -2.45. The number of rotatable bonds is 8. The molecule has 0 aliphatic rings. The van der Waals surface area contributed by atoms with Gasteiger partial charge in [0, 0.05) is 45.5 Å². The van der Waals surface area contributed by atoms with Crippen molar-refractivity contribution in [2.45, 2.75) is 32.2 Å². The molecule has 0 aliphatic carbocycles. The van der Waals surface area contributed by atoms with Gasteiger partial charge in [-0.05, 0) is 42.3 Å². The average molecular weight is 405 g/mol. The third kappa shape index (κ3) is 4.88. The largest absolute Gasteiger partial charge is 0.363 e. The molecule has 1 amide bonds. The SMILES string of the molecule is CCN(CC)S(=O)(=O)c1cc(C(=O)NCc2ccnc(N(C)C)c2)ccc1C. The van der Waals surface area contributed by atoms with Crippen molar-refractivity contribution < 1.29 is 13.2 Å². The molecular weight excluding hydrogens is 376 g/mol. The summed E-state index contributed by atoms with van der Waals surface area (Å²) in [4.78, 5) is 18.9. The third-order valence-electron chi connectivity index (χ3n) is 4.49. The van der Waals surface area contributed by atoms with E-state index >= 15 is 0 Å². The Morgan fingerprint density at radius 3 is 2.39 bits per heavy atom. The fourth-order valence-corrected chi connectivity index (χ4v) is 4.53. The Bertz CT molecular complexity index is 938. The molecule has 2 rings (SSSR count). The molecule has 0 aliphatic heterocycles. The molecule has 0 saturated heterocycles. The number of carbonyl (C=O) groups is 1. The van der Waals surface area contributed by atoms with Crippen molar-refractivity contribution in [2.24, 2.45) is 0 Å². The third-order valence-corrected chi connectivity index (χ3v) is 6.69. The number of hydrogen-bond donors (Lipinski definition) is 1. The van der Waals surface area contributed by atoms with Gasteiger partial charge in [0.15, 0.2) is 0 Å². The number of carbonyl (C=O) groups excluding carboxylic acids is 1. The minimum absolute atomic E-state index is 0.169. The minimum Gasteiger partial charge on any atom is -0.363 e. The van der Waals surface area contributed by atoms with Gasteiger partial charge in [-0.15, -0.1) is 0 Å². The predicted molar refractivity (Wildman–Crippen MR) is 111 cm³/mol. The highest BCUT2D eigenvalue weighted by Gasteiger charge is 2.24. The Labute approximate surface area is 167 Å². The minimum atomic E-state index is -3.63. The lowest BCUT2D eigenvalue weighted by Gasteiger charge is -2.20. The van der Waals surface area contributed by atoms with Crippen molar-refractivity contribution >= 4 is 21.7 Å². The summed E-state index contributed by atoms with van der Waals surface area (Å²) in [7, 11) is 0.165. The van der Waals surface area contributed by atoms with Crippen LogP contribution in [0.2, 0.25) is 0 Å². The van der Waals surface area contributed by atoms with E-state index in [1.54, 1.807) is 39.1 Å². The molecule has 0 spiro atoms. The van der Waals surface area contributed by atoms with Gasteiger partial charge in [-0.1, -0.05) is 19.9 Å². The summed E-state index contributed by atoms with van der Waals surface area (Å²) in [6.45, 7) is 6.41. The molecule has 1 aromatic carbocycles. The Kier molecular flexibility index (Phi) is 7.15. The molecule has 2 aromatic rings. The number of anilines is 1. The monoisotopic (exact) mass is 404 g/mol. The van der Waals surface area contributed by atoms with Crippen LogP contribution < -0.4 is 10.2 Å². The first-order chi connectivity index (χ1) is 13.2. The van der Waals surface area contributed by atoms with E-state index in [-0.39, 0.29) is 10.8 Å². The second kappa shape index (κ2) is 9.16. The topological polar surface area (TPSA) is 82.6 Å². The molecule has 152 valence electrons. The van der Waals surface area contributed by atoms with E-state index < -0.39 is 10.0 Å². The normalized spacial score (nSPS) is 11.5. The van der Waals surface area contributed by atoms with Gasteiger partial charge in [0.1, 0.15) is 5.82 Å². The van der Waals surface area contributed by atoms with Crippen molar-refractivity contribution in [1.29, 1.82) is 0 Å². The van der Waals surface area contributed by atoms with Crippen LogP contribution in [-0.4, -0.2) is 50.8 Å². The highest BCUT2D eigenvalue weighted by atomic mass is 32.2. The molecule has 0 bridgehead atoms. The first kappa shape index (κ1) is 21.8. The van der Waals surface area contributed by atoms with Gasteiger partial charge < -0.3 is 10.2 Å². The predicted octanol–water partition coefficient (Wildman–Crippen LogP) is 2.42. The molecule has 8 heteroatoms. The number of benzene rings is 1. The van der Waals surface area contributed by atoms with Gasteiger partial charge in [0.25, 0.3) is 5.91 Å². The van der Waals surface area contributed by atoms with Gasteiger partial charge in [-0.2, -0.15) is 4.31 Å². The van der Waals surface area contributed by atoms with E-state index in [9.17, 15) is 13.2 Å². The smallest absolute Gasteiger partial charge is 0.251 e. The van der Waals surface area contributed by atoms with E-state index in [0.29, 0.717) is 30.8 Å². The van der Waals surface area contributed by atoms with Crippen molar-refractivity contribution in [3.63, 3.8) is 0 Å². The maximum absolute atomic E-state index is 12.9. The zero-order valence-electron chi connectivity index (χ0n) is 17.1. The Balaban J connectivity index is 2.22.